The molecule has 5 heteroatoms. The second kappa shape index (κ2) is 7.31. The van der Waals surface area contributed by atoms with E-state index in [9.17, 15) is 4.79 Å². The summed E-state index contributed by atoms with van der Waals surface area (Å²) in [5.41, 5.74) is 6.23. The Labute approximate surface area is 127 Å². The van der Waals surface area contributed by atoms with Crippen molar-refractivity contribution in [1.82, 2.24) is 4.90 Å². The van der Waals surface area contributed by atoms with Crippen LogP contribution in [0.4, 0.5) is 0 Å². The number of nitrogens with two attached hydrogens (primary N) is 1. The van der Waals surface area contributed by atoms with Gasteiger partial charge in [-0.25, -0.2) is 0 Å². The van der Waals surface area contributed by atoms with Gasteiger partial charge < -0.3 is 20.1 Å². The lowest BCUT2D eigenvalue weighted by atomic mass is 9.93. The van der Waals surface area contributed by atoms with Crippen LogP contribution in [0.5, 0.6) is 11.5 Å². The summed E-state index contributed by atoms with van der Waals surface area (Å²) in [7, 11) is 3.13. The van der Waals surface area contributed by atoms with Crippen molar-refractivity contribution < 1.29 is 14.3 Å². The fourth-order valence-electron chi connectivity index (χ4n) is 2.06. The van der Waals surface area contributed by atoms with Crippen LogP contribution in [0.25, 0.3) is 0 Å². The molecule has 118 valence electrons. The molecule has 0 unspecified atom stereocenters. The Kier molecular flexibility index (Phi) is 6.03. The Morgan fingerprint density at radius 3 is 2.33 bits per heavy atom. The minimum atomic E-state index is -0.109. The lowest BCUT2D eigenvalue weighted by molar-refractivity contribution is 0.0700. The first-order chi connectivity index (χ1) is 9.88. The van der Waals surface area contributed by atoms with E-state index in [1.54, 1.807) is 37.3 Å². The molecule has 0 aromatic heterocycles. The molecule has 5 nitrogen and oxygen atoms in total. The van der Waals surface area contributed by atoms with Crippen molar-refractivity contribution in [3.63, 3.8) is 0 Å². The average Bonchev–Trinajstić information content (AvgIpc) is 2.51. The third-order valence-corrected chi connectivity index (χ3v) is 3.47. The Hall–Kier alpha value is -1.75. The van der Waals surface area contributed by atoms with E-state index in [0.29, 0.717) is 36.7 Å². The van der Waals surface area contributed by atoms with Crippen LogP contribution in [0.2, 0.25) is 0 Å². The Morgan fingerprint density at radius 1 is 1.24 bits per heavy atom. The van der Waals surface area contributed by atoms with Gasteiger partial charge in [0.2, 0.25) is 0 Å². The summed E-state index contributed by atoms with van der Waals surface area (Å²) in [6.45, 7) is 7.85. The highest BCUT2D eigenvalue weighted by Crippen LogP contribution is 2.28. The number of nitrogens with zero attached hydrogens (tertiary/aromatic N) is 1. The van der Waals surface area contributed by atoms with Crippen LogP contribution in [-0.2, 0) is 0 Å². The van der Waals surface area contributed by atoms with Gasteiger partial charge in [-0.15, -0.1) is 0 Å². The number of benzene rings is 1. The molecule has 0 saturated heterocycles. The van der Waals surface area contributed by atoms with Gasteiger partial charge in [-0.2, -0.15) is 0 Å². The maximum atomic E-state index is 12.6. The third-order valence-electron chi connectivity index (χ3n) is 3.47. The Morgan fingerprint density at radius 2 is 1.86 bits per heavy atom. The van der Waals surface area contributed by atoms with Crippen LogP contribution in [-0.4, -0.2) is 44.7 Å². The molecule has 21 heavy (non-hydrogen) atoms. The SMILES string of the molecule is CCN(CC(C)(C)CN)C(=O)c1ccc(OC)c(OC)c1. The van der Waals surface area contributed by atoms with Crippen LogP contribution in [0, 0.1) is 5.41 Å². The van der Waals surface area contributed by atoms with Gasteiger partial charge in [0.25, 0.3) is 5.91 Å². The normalized spacial score (nSPS) is 11.1. The van der Waals surface area contributed by atoms with Crippen molar-refractivity contribution in [2.24, 2.45) is 11.1 Å². The Bertz CT molecular complexity index is 486. The second-order valence-corrected chi connectivity index (χ2v) is 5.76. The van der Waals surface area contributed by atoms with Gasteiger partial charge in [0, 0.05) is 18.7 Å². The highest BCUT2D eigenvalue weighted by Gasteiger charge is 2.24. The number of ether oxygens (including phenoxy) is 2. The minimum Gasteiger partial charge on any atom is -0.493 e. The van der Waals surface area contributed by atoms with Gasteiger partial charge >= 0.3 is 0 Å². The second-order valence-electron chi connectivity index (χ2n) is 5.76. The number of amides is 1. The van der Waals surface area contributed by atoms with Gasteiger partial charge in [-0.1, -0.05) is 13.8 Å². The summed E-state index contributed by atoms with van der Waals surface area (Å²) in [4.78, 5) is 14.4. The third kappa shape index (κ3) is 4.36. The maximum Gasteiger partial charge on any atom is 0.254 e. The lowest BCUT2D eigenvalue weighted by Gasteiger charge is -2.31. The number of carbonyl (C=O) groups excluding carboxylic acids is 1. The van der Waals surface area contributed by atoms with Crippen LogP contribution in [0.3, 0.4) is 0 Å². The molecular weight excluding hydrogens is 268 g/mol. The van der Waals surface area contributed by atoms with Crippen molar-refractivity contribution in [2.75, 3.05) is 33.9 Å². The van der Waals surface area contributed by atoms with E-state index in [0.717, 1.165) is 0 Å². The van der Waals surface area contributed by atoms with Crippen LogP contribution in [0.1, 0.15) is 31.1 Å². The first-order valence-corrected chi connectivity index (χ1v) is 7.10. The largest absolute Gasteiger partial charge is 0.493 e. The lowest BCUT2D eigenvalue weighted by Crippen LogP contribution is -2.41. The summed E-state index contributed by atoms with van der Waals surface area (Å²) in [6.07, 6.45) is 0. The molecule has 1 rings (SSSR count). The van der Waals surface area contributed by atoms with E-state index < -0.39 is 0 Å². The molecule has 0 spiro atoms. The zero-order chi connectivity index (χ0) is 16.0. The fourth-order valence-corrected chi connectivity index (χ4v) is 2.06. The summed E-state index contributed by atoms with van der Waals surface area (Å²) < 4.78 is 10.4. The van der Waals surface area contributed by atoms with E-state index in [4.69, 9.17) is 15.2 Å². The molecular formula is C16H26N2O3. The molecule has 0 bridgehead atoms. The minimum absolute atomic E-state index is 0.0278. The Balaban J connectivity index is 3.00. The van der Waals surface area contributed by atoms with E-state index in [2.05, 4.69) is 13.8 Å². The van der Waals surface area contributed by atoms with E-state index in [1.165, 1.54) is 0 Å². The predicted octanol–water partition coefficient (Wildman–Crippen LogP) is 2.15. The highest BCUT2D eigenvalue weighted by atomic mass is 16.5. The quantitative estimate of drug-likeness (QED) is 0.837. The van der Waals surface area contributed by atoms with E-state index >= 15 is 0 Å². The molecule has 0 fully saturated rings. The molecule has 1 amide bonds. The molecule has 1 aromatic rings. The van der Waals surface area contributed by atoms with E-state index in [1.807, 2.05) is 6.92 Å². The maximum absolute atomic E-state index is 12.6. The first kappa shape index (κ1) is 17.3. The topological polar surface area (TPSA) is 64.8 Å². The summed E-state index contributed by atoms with van der Waals surface area (Å²) in [5.74, 6) is 1.14. The molecule has 0 saturated carbocycles. The number of methoxy groups -OCH3 is 2. The molecule has 0 aliphatic rings. The average molecular weight is 294 g/mol. The number of hydrogen-bond acceptors (Lipinski definition) is 4. The van der Waals surface area contributed by atoms with Crippen LogP contribution >= 0.6 is 0 Å². The number of carbonyl (C=O) groups is 1. The molecule has 0 atom stereocenters. The van der Waals surface area contributed by atoms with Gasteiger partial charge in [-0.3, -0.25) is 4.79 Å². The smallest absolute Gasteiger partial charge is 0.254 e. The molecule has 0 heterocycles. The van der Waals surface area contributed by atoms with Crippen molar-refractivity contribution in [3.05, 3.63) is 23.8 Å². The summed E-state index contributed by atoms with van der Waals surface area (Å²) in [6, 6.07) is 5.20. The fraction of sp³-hybridized carbons (Fsp3) is 0.562. The molecule has 0 radical (unpaired) electrons. The zero-order valence-corrected chi connectivity index (χ0v) is 13.6. The molecule has 0 aliphatic heterocycles. The monoisotopic (exact) mass is 294 g/mol. The van der Waals surface area contributed by atoms with Gasteiger partial charge in [0.1, 0.15) is 0 Å². The molecule has 2 N–H and O–H groups in total. The van der Waals surface area contributed by atoms with Crippen LogP contribution in [0.15, 0.2) is 18.2 Å². The van der Waals surface area contributed by atoms with Crippen molar-refractivity contribution in [2.45, 2.75) is 20.8 Å². The summed E-state index contributed by atoms with van der Waals surface area (Å²) >= 11 is 0. The van der Waals surface area contributed by atoms with Gasteiger partial charge in [0.15, 0.2) is 11.5 Å². The predicted molar refractivity (Wildman–Crippen MR) is 84.0 cm³/mol. The van der Waals surface area contributed by atoms with Crippen molar-refractivity contribution in [1.29, 1.82) is 0 Å². The van der Waals surface area contributed by atoms with Crippen molar-refractivity contribution >= 4 is 5.91 Å². The van der Waals surface area contributed by atoms with Gasteiger partial charge in [-0.05, 0) is 37.1 Å². The number of hydrogen-bond donors (Lipinski definition) is 1. The van der Waals surface area contributed by atoms with E-state index in [-0.39, 0.29) is 11.3 Å². The standard InChI is InChI=1S/C16H26N2O3/c1-6-18(11-16(2,3)10-17)15(19)12-7-8-13(20-4)14(9-12)21-5/h7-9H,6,10-11,17H2,1-5H3. The highest BCUT2D eigenvalue weighted by molar-refractivity contribution is 5.95. The molecule has 0 aliphatic carbocycles. The first-order valence-electron chi connectivity index (χ1n) is 7.10. The van der Waals surface area contributed by atoms with Gasteiger partial charge in [0.05, 0.1) is 14.2 Å². The zero-order valence-electron chi connectivity index (χ0n) is 13.6. The number of rotatable bonds is 7. The van der Waals surface area contributed by atoms with Crippen LogP contribution < -0.4 is 15.2 Å². The van der Waals surface area contributed by atoms with Crippen molar-refractivity contribution in [3.8, 4) is 11.5 Å². The molecule has 1 aromatic carbocycles. The summed E-state index contributed by atoms with van der Waals surface area (Å²) in [5, 5.41) is 0.